The van der Waals surface area contributed by atoms with Crippen molar-refractivity contribution in [3.8, 4) is 0 Å². The predicted octanol–water partition coefficient (Wildman–Crippen LogP) is 2.47. The van der Waals surface area contributed by atoms with E-state index < -0.39 is 5.97 Å². The Hall–Kier alpha value is -2.37. The number of ether oxygens (including phenoxy) is 1. The van der Waals surface area contributed by atoms with Crippen molar-refractivity contribution in [3.05, 3.63) is 29.8 Å². The fraction of sp³-hybridized carbons (Fsp3) is 0.550. The summed E-state index contributed by atoms with van der Waals surface area (Å²) in [4.78, 5) is 40.0. The molecule has 26 heavy (non-hydrogen) atoms. The Morgan fingerprint density at radius 3 is 2.58 bits per heavy atom. The van der Waals surface area contributed by atoms with Crippen molar-refractivity contribution in [1.29, 1.82) is 0 Å². The number of piperidine rings is 1. The molecule has 0 radical (unpaired) electrons. The van der Waals surface area contributed by atoms with Crippen molar-refractivity contribution in [2.75, 3.05) is 31.1 Å². The molecule has 2 fully saturated rings. The summed E-state index contributed by atoms with van der Waals surface area (Å²) in [7, 11) is 0. The molecule has 0 saturated carbocycles. The molecule has 0 unspecified atom stereocenters. The molecule has 2 heterocycles. The minimum absolute atomic E-state index is 0.0685. The SMILES string of the molecule is C[C@@H]1C[C@@H](C)CN(C(=O)COC(=O)c2cccc(N3CCCC3=O)c2)C1. The van der Waals surface area contributed by atoms with Crippen LogP contribution < -0.4 is 4.90 Å². The van der Waals surface area contributed by atoms with Gasteiger partial charge < -0.3 is 14.5 Å². The molecule has 0 N–H and O–H groups in total. The molecule has 1 aromatic rings. The number of hydrogen-bond acceptors (Lipinski definition) is 4. The zero-order chi connectivity index (χ0) is 18.7. The van der Waals surface area contributed by atoms with Gasteiger partial charge in [0.25, 0.3) is 5.91 Å². The van der Waals surface area contributed by atoms with Gasteiger partial charge in [0, 0.05) is 31.7 Å². The van der Waals surface area contributed by atoms with Crippen molar-refractivity contribution in [2.24, 2.45) is 11.8 Å². The second kappa shape index (κ2) is 7.89. The first-order valence-electron chi connectivity index (χ1n) is 9.29. The van der Waals surface area contributed by atoms with Gasteiger partial charge in [-0.15, -0.1) is 0 Å². The van der Waals surface area contributed by atoms with Crippen LogP contribution in [-0.4, -0.2) is 48.9 Å². The summed E-state index contributed by atoms with van der Waals surface area (Å²) in [5, 5.41) is 0. The number of likely N-dealkylation sites (tertiary alicyclic amines) is 1. The van der Waals surface area contributed by atoms with Crippen LogP contribution in [0.4, 0.5) is 5.69 Å². The van der Waals surface area contributed by atoms with Crippen molar-refractivity contribution in [2.45, 2.75) is 33.1 Å². The minimum Gasteiger partial charge on any atom is -0.452 e. The summed E-state index contributed by atoms with van der Waals surface area (Å²) in [6.45, 7) is 6.12. The van der Waals surface area contributed by atoms with Crippen molar-refractivity contribution >= 4 is 23.5 Å². The van der Waals surface area contributed by atoms with E-state index in [0.29, 0.717) is 49.1 Å². The van der Waals surface area contributed by atoms with Gasteiger partial charge in [-0.25, -0.2) is 4.79 Å². The summed E-state index contributed by atoms with van der Waals surface area (Å²) in [6.07, 6.45) is 2.48. The van der Waals surface area contributed by atoms with Gasteiger partial charge in [0.2, 0.25) is 5.91 Å². The molecule has 0 aliphatic carbocycles. The van der Waals surface area contributed by atoms with Gasteiger partial charge in [-0.1, -0.05) is 19.9 Å². The van der Waals surface area contributed by atoms with E-state index in [4.69, 9.17) is 4.74 Å². The van der Waals surface area contributed by atoms with Gasteiger partial charge in [-0.2, -0.15) is 0 Å². The molecule has 2 atom stereocenters. The molecule has 2 aliphatic rings. The quantitative estimate of drug-likeness (QED) is 0.776. The Morgan fingerprint density at radius 2 is 1.92 bits per heavy atom. The molecular weight excluding hydrogens is 332 g/mol. The Bertz CT molecular complexity index is 693. The second-order valence-electron chi connectivity index (χ2n) is 7.52. The highest BCUT2D eigenvalue weighted by molar-refractivity contribution is 5.97. The van der Waals surface area contributed by atoms with Crippen LogP contribution in [0.5, 0.6) is 0 Å². The fourth-order valence-corrected chi connectivity index (χ4v) is 3.89. The summed E-state index contributed by atoms with van der Waals surface area (Å²) in [6, 6.07) is 6.83. The summed E-state index contributed by atoms with van der Waals surface area (Å²) in [5.74, 6) is 0.313. The van der Waals surface area contributed by atoms with E-state index in [1.165, 1.54) is 0 Å². The van der Waals surface area contributed by atoms with Crippen LogP contribution in [0.3, 0.4) is 0 Å². The topological polar surface area (TPSA) is 66.9 Å². The van der Waals surface area contributed by atoms with E-state index in [9.17, 15) is 14.4 Å². The number of amides is 2. The normalized spacial score (nSPS) is 23.2. The minimum atomic E-state index is -0.537. The molecule has 140 valence electrons. The van der Waals surface area contributed by atoms with Gasteiger partial charge in [-0.3, -0.25) is 9.59 Å². The lowest BCUT2D eigenvalue weighted by Gasteiger charge is -2.34. The monoisotopic (exact) mass is 358 g/mol. The van der Waals surface area contributed by atoms with Crippen LogP contribution in [0.2, 0.25) is 0 Å². The molecule has 0 bridgehead atoms. The molecule has 2 amide bonds. The lowest BCUT2D eigenvalue weighted by Crippen LogP contribution is -2.44. The maximum absolute atomic E-state index is 12.3. The number of carbonyl (C=O) groups excluding carboxylic acids is 3. The average molecular weight is 358 g/mol. The maximum Gasteiger partial charge on any atom is 0.338 e. The number of esters is 1. The first-order valence-corrected chi connectivity index (χ1v) is 9.29. The van der Waals surface area contributed by atoms with Gasteiger partial charge in [0.1, 0.15) is 0 Å². The molecule has 6 nitrogen and oxygen atoms in total. The Morgan fingerprint density at radius 1 is 1.19 bits per heavy atom. The van der Waals surface area contributed by atoms with Gasteiger partial charge in [0.15, 0.2) is 6.61 Å². The number of nitrogens with zero attached hydrogens (tertiary/aromatic N) is 2. The van der Waals surface area contributed by atoms with E-state index in [1.807, 2.05) is 6.07 Å². The zero-order valence-corrected chi connectivity index (χ0v) is 15.4. The molecule has 0 aromatic heterocycles. The highest BCUT2D eigenvalue weighted by Gasteiger charge is 2.26. The van der Waals surface area contributed by atoms with E-state index in [-0.39, 0.29) is 18.4 Å². The van der Waals surface area contributed by atoms with E-state index in [2.05, 4.69) is 13.8 Å². The third-order valence-electron chi connectivity index (χ3n) is 5.02. The highest BCUT2D eigenvalue weighted by Crippen LogP contribution is 2.23. The summed E-state index contributed by atoms with van der Waals surface area (Å²) >= 11 is 0. The predicted molar refractivity (Wildman–Crippen MR) is 97.8 cm³/mol. The maximum atomic E-state index is 12.3. The third-order valence-corrected chi connectivity index (χ3v) is 5.02. The van der Waals surface area contributed by atoms with Crippen LogP contribution in [0.1, 0.15) is 43.5 Å². The standard InChI is InChI=1S/C20H26N2O4/c1-14-9-15(2)12-21(11-14)19(24)13-26-20(25)16-5-3-6-17(10-16)22-8-4-7-18(22)23/h3,5-6,10,14-15H,4,7-9,11-13H2,1-2H3/t14-,15-/m1/s1. The zero-order valence-electron chi connectivity index (χ0n) is 15.4. The second-order valence-corrected chi connectivity index (χ2v) is 7.52. The summed E-state index contributed by atoms with van der Waals surface area (Å²) < 4.78 is 5.22. The summed E-state index contributed by atoms with van der Waals surface area (Å²) in [5.41, 5.74) is 1.06. The molecule has 0 spiro atoms. The molecule has 2 aliphatic heterocycles. The van der Waals surface area contributed by atoms with Gasteiger partial charge >= 0.3 is 5.97 Å². The molecular formula is C20H26N2O4. The van der Waals surface area contributed by atoms with Crippen LogP contribution >= 0.6 is 0 Å². The average Bonchev–Trinajstić information content (AvgIpc) is 3.04. The lowest BCUT2D eigenvalue weighted by molar-refractivity contribution is -0.137. The van der Waals surface area contributed by atoms with Crippen molar-refractivity contribution in [1.82, 2.24) is 4.90 Å². The first kappa shape index (κ1) is 18.4. The highest BCUT2D eigenvalue weighted by atomic mass is 16.5. The Labute approximate surface area is 154 Å². The number of benzene rings is 1. The number of anilines is 1. The van der Waals surface area contributed by atoms with Crippen LogP contribution in [0.25, 0.3) is 0 Å². The Balaban J connectivity index is 1.58. The van der Waals surface area contributed by atoms with E-state index >= 15 is 0 Å². The number of rotatable bonds is 4. The van der Waals surface area contributed by atoms with Gasteiger partial charge in [-0.05, 0) is 42.9 Å². The Kier molecular flexibility index (Phi) is 5.59. The fourth-order valence-electron chi connectivity index (χ4n) is 3.89. The number of carbonyl (C=O) groups is 3. The third kappa shape index (κ3) is 4.23. The largest absolute Gasteiger partial charge is 0.452 e. The van der Waals surface area contributed by atoms with E-state index in [1.54, 1.807) is 28.0 Å². The van der Waals surface area contributed by atoms with Crippen molar-refractivity contribution in [3.63, 3.8) is 0 Å². The van der Waals surface area contributed by atoms with Crippen LogP contribution in [-0.2, 0) is 14.3 Å². The van der Waals surface area contributed by atoms with E-state index in [0.717, 1.165) is 12.8 Å². The van der Waals surface area contributed by atoms with Crippen LogP contribution in [0, 0.1) is 11.8 Å². The first-order chi connectivity index (χ1) is 12.4. The molecule has 3 rings (SSSR count). The van der Waals surface area contributed by atoms with Gasteiger partial charge in [0.05, 0.1) is 5.56 Å². The molecule has 2 saturated heterocycles. The van der Waals surface area contributed by atoms with Crippen LogP contribution in [0.15, 0.2) is 24.3 Å². The molecule has 6 heteroatoms. The van der Waals surface area contributed by atoms with Crippen molar-refractivity contribution < 1.29 is 19.1 Å². The lowest BCUT2D eigenvalue weighted by atomic mass is 9.92. The number of hydrogen-bond donors (Lipinski definition) is 0. The molecule has 1 aromatic carbocycles. The smallest absolute Gasteiger partial charge is 0.338 e.